The highest BCUT2D eigenvalue weighted by Gasteiger charge is 2.30. The first kappa shape index (κ1) is 18.0. The van der Waals surface area contributed by atoms with Gasteiger partial charge in [-0.1, -0.05) is 6.92 Å². The average molecular weight is 358 g/mol. The zero-order valence-electron chi connectivity index (χ0n) is 12.5. The minimum absolute atomic E-state index is 0.0393. The first-order valence-electron chi connectivity index (χ1n) is 6.88. The standard InChI is InChI=1S/C16H13F3O4S/c1-2-15(20)11-3-7-13(8-4-11)23-24(21,22)14-9-5-12(6-10-14)16(17,18)19/h3-10H,2H2,1H3. The lowest BCUT2D eigenvalue weighted by atomic mass is 10.1. The number of Topliss-reactive ketones (excluding diaryl/α,β-unsaturated/α-hetero) is 1. The van der Waals surface area contributed by atoms with E-state index >= 15 is 0 Å². The molecule has 0 spiro atoms. The molecule has 0 aliphatic rings. The van der Waals surface area contributed by atoms with Crippen molar-refractivity contribution >= 4 is 15.9 Å². The van der Waals surface area contributed by atoms with Crippen LogP contribution in [0.4, 0.5) is 13.2 Å². The monoisotopic (exact) mass is 358 g/mol. The van der Waals surface area contributed by atoms with Gasteiger partial charge in [-0.25, -0.2) is 0 Å². The van der Waals surface area contributed by atoms with E-state index in [9.17, 15) is 26.4 Å². The highest BCUT2D eigenvalue weighted by atomic mass is 32.2. The minimum atomic E-state index is -4.55. The maximum absolute atomic E-state index is 12.5. The Bertz CT molecular complexity index is 823. The Morgan fingerprint density at radius 2 is 1.54 bits per heavy atom. The van der Waals surface area contributed by atoms with Gasteiger partial charge in [0.15, 0.2) is 5.78 Å². The predicted octanol–water partition coefficient (Wildman–Crippen LogP) is 4.07. The van der Waals surface area contributed by atoms with Crippen molar-refractivity contribution in [2.45, 2.75) is 24.4 Å². The smallest absolute Gasteiger partial charge is 0.379 e. The number of carbonyl (C=O) groups is 1. The third kappa shape index (κ3) is 4.14. The molecule has 4 nitrogen and oxygen atoms in total. The van der Waals surface area contributed by atoms with Crippen LogP contribution < -0.4 is 4.18 Å². The molecule has 0 unspecified atom stereocenters. The fourth-order valence-corrected chi connectivity index (χ4v) is 2.82. The van der Waals surface area contributed by atoms with E-state index in [2.05, 4.69) is 0 Å². The highest BCUT2D eigenvalue weighted by Crippen LogP contribution is 2.30. The average Bonchev–Trinajstić information content (AvgIpc) is 2.54. The Balaban J connectivity index is 2.20. The Labute approximate surface area is 137 Å². The molecule has 0 N–H and O–H groups in total. The molecule has 0 aliphatic carbocycles. The van der Waals surface area contributed by atoms with Crippen LogP contribution in [0.1, 0.15) is 29.3 Å². The summed E-state index contributed by atoms with van der Waals surface area (Å²) >= 11 is 0. The second-order valence-corrected chi connectivity index (χ2v) is 6.41. The molecule has 2 aromatic rings. The summed E-state index contributed by atoms with van der Waals surface area (Å²) in [6, 6.07) is 8.45. The van der Waals surface area contributed by atoms with Gasteiger partial charge in [0.1, 0.15) is 10.6 Å². The van der Waals surface area contributed by atoms with Crippen LogP contribution in [0.3, 0.4) is 0 Å². The van der Waals surface area contributed by atoms with Crippen molar-refractivity contribution in [1.29, 1.82) is 0 Å². The summed E-state index contributed by atoms with van der Waals surface area (Å²) in [5.41, 5.74) is -0.541. The zero-order chi connectivity index (χ0) is 18.0. The number of ketones is 1. The number of alkyl halides is 3. The second kappa shape index (κ2) is 6.64. The molecule has 2 rings (SSSR count). The van der Waals surface area contributed by atoms with E-state index in [4.69, 9.17) is 4.18 Å². The van der Waals surface area contributed by atoms with Gasteiger partial charge in [0, 0.05) is 12.0 Å². The fourth-order valence-electron chi connectivity index (χ4n) is 1.89. The van der Waals surface area contributed by atoms with E-state index in [0.29, 0.717) is 24.1 Å². The lowest BCUT2D eigenvalue weighted by molar-refractivity contribution is -0.137. The SMILES string of the molecule is CCC(=O)c1ccc(OS(=O)(=O)c2ccc(C(F)(F)F)cc2)cc1. The Morgan fingerprint density at radius 3 is 2.00 bits per heavy atom. The fraction of sp³-hybridized carbons (Fsp3) is 0.188. The summed E-state index contributed by atoms with van der Waals surface area (Å²) in [5, 5.41) is 0. The summed E-state index contributed by atoms with van der Waals surface area (Å²) in [4.78, 5) is 11.1. The molecular formula is C16H13F3O4S. The predicted molar refractivity (Wildman–Crippen MR) is 80.3 cm³/mol. The second-order valence-electron chi connectivity index (χ2n) is 4.86. The first-order chi connectivity index (χ1) is 11.1. The van der Waals surface area contributed by atoms with Gasteiger partial charge in [-0.2, -0.15) is 21.6 Å². The third-order valence-electron chi connectivity index (χ3n) is 3.17. The summed E-state index contributed by atoms with van der Waals surface area (Å²) in [6.45, 7) is 1.70. The molecule has 0 radical (unpaired) electrons. The molecular weight excluding hydrogens is 345 g/mol. The molecule has 24 heavy (non-hydrogen) atoms. The molecule has 0 saturated heterocycles. The zero-order valence-corrected chi connectivity index (χ0v) is 13.3. The van der Waals surface area contributed by atoms with Crippen LogP contribution in [-0.4, -0.2) is 14.2 Å². The van der Waals surface area contributed by atoms with Crippen LogP contribution in [0, 0.1) is 0 Å². The van der Waals surface area contributed by atoms with Crippen molar-refractivity contribution in [3.8, 4) is 5.75 Å². The van der Waals surface area contributed by atoms with E-state index in [1.54, 1.807) is 6.92 Å². The van der Waals surface area contributed by atoms with E-state index in [-0.39, 0.29) is 11.5 Å². The van der Waals surface area contributed by atoms with Crippen LogP contribution in [-0.2, 0) is 16.3 Å². The van der Waals surface area contributed by atoms with E-state index < -0.39 is 26.8 Å². The molecule has 8 heteroatoms. The van der Waals surface area contributed by atoms with Gasteiger partial charge in [0.05, 0.1) is 5.56 Å². The highest BCUT2D eigenvalue weighted by molar-refractivity contribution is 7.87. The summed E-state index contributed by atoms with van der Waals surface area (Å²) in [5.74, 6) is -0.144. The van der Waals surface area contributed by atoms with Crippen molar-refractivity contribution in [2.24, 2.45) is 0 Å². The molecule has 0 aliphatic heterocycles. The van der Waals surface area contributed by atoms with E-state index in [0.717, 1.165) is 12.1 Å². The number of hydrogen-bond acceptors (Lipinski definition) is 4. The summed E-state index contributed by atoms with van der Waals surface area (Å²) < 4.78 is 66.5. The lowest BCUT2D eigenvalue weighted by Gasteiger charge is -2.09. The molecule has 0 atom stereocenters. The number of halogens is 3. The molecule has 0 heterocycles. The van der Waals surface area contributed by atoms with Crippen LogP contribution in [0.15, 0.2) is 53.4 Å². The molecule has 2 aromatic carbocycles. The van der Waals surface area contributed by atoms with Crippen LogP contribution in [0.25, 0.3) is 0 Å². The van der Waals surface area contributed by atoms with Gasteiger partial charge in [-0.05, 0) is 48.5 Å². The van der Waals surface area contributed by atoms with Gasteiger partial charge >= 0.3 is 16.3 Å². The van der Waals surface area contributed by atoms with Gasteiger partial charge in [0.2, 0.25) is 0 Å². The maximum Gasteiger partial charge on any atom is 0.416 e. The quantitative estimate of drug-likeness (QED) is 0.597. The Hall–Kier alpha value is -2.35. The molecule has 0 bridgehead atoms. The Kier molecular flexibility index (Phi) is 4.98. The minimum Gasteiger partial charge on any atom is -0.379 e. The summed E-state index contributed by atoms with van der Waals surface area (Å²) in [7, 11) is -4.27. The van der Waals surface area contributed by atoms with Crippen molar-refractivity contribution < 1.29 is 30.6 Å². The lowest BCUT2D eigenvalue weighted by Crippen LogP contribution is -2.11. The van der Waals surface area contributed by atoms with E-state index in [1.807, 2.05) is 0 Å². The van der Waals surface area contributed by atoms with Gasteiger partial charge in [-0.3, -0.25) is 4.79 Å². The molecule has 128 valence electrons. The van der Waals surface area contributed by atoms with Crippen LogP contribution in [0.5, 0.6) is 5.75 Å². The normalized spacial score (nSPS) is 12.0. The molecule has 0 aromatic heterocycles. The van der Waals surface area contributed by atoms with Crippen molar-refractivity contribution in [1.82, 2.24) is 0 Å². The van der Waals surface area contributed by atoms with Crippen LogP contribution in [0.2, 0.25) is 0 Å². The molecule has 0 amide bonds. The van der Waals surface area contributed by atoms with Gasteiger partial charge in [-0.15, -0.1) is 0 Å². The number of hydrogen-bond donors (Lipinski definition) is 0. The molecule has 0 saturated carbocycles. The Morgan fingerprint density at radius 1 is 1.00 bits per heavy atom. The summed E-state index contributed by atoms with van der Waals surface area (Å²) in [6.07, 6.45) is -4.24. The van der Waals surface area contributed by atoms with E-state index in [1.165, 1.54) is 24.3 Å². The van der Waals surface area contributed by atoms with Gasteiger partial charge in [0.25, 0.3) is 0 Å². The number of benzene rings is 2. The first-order valence-corrected chi connectivity index (χ1v) is 8.29. The number of carbonyl (C=O) groups excluding carboxylic acids is 1. The van der Waals surface area contributed by atoms with Crippen molar-refractivity contribution in [2.75, 3.05) is 0 Å². The third-order valence-corrected chi connectivity index (χ3v) is 4.44. The van der Waals surface area contributed by atoms with Gasteiger partial charge < -0.3 is 4.18 Å². The largest absolute Gasteiger partial charge is 0.416 e. The molecule has 0 fully saturated rings. The number of rotatable bonds is 5. The maximum atomic E-state index is 12.5. The van der Waals surface area contributed by atoms with Crippen LogP contribution >= 0.6 is 0 Å². The topological polar surface area (TPSA) is 60.4 Å². The van der Waals surface area contributed by atoms with Crippen molar-refractivity contribution in [3.05, 3.63) is 59.7 Å². The van der Waals surface area contributed by atoms with Crippen molar-refractivity contribution in [3.63, 3.8) is 0 Å².